The van der Waals surface area contributed by atoms with E-state index in [1.54, 1.807) is 18.0 Å². The van der Waals surface area contributed by atoms with Crippen molar-refractivity contribution >= 4 is 28.3 Å². The molecule has 2 aliphatic rings. The highest BCUT2D eigenvalue weighted by atomic mass is 32.1. The second kappa shape index (κ2) is 7.39. The Balaban J connectivity index is 1.60. The Kier molecular flexibility index (Phi) is 4.66. The van der Waals surface area contributed by atoms with Gasteiger partial charge in [0.1, 0.15) is 0 Å². The van der Waals surface area contributed by atoms with Crippen LogP contribution in [0.1, 0.15) is 44.0 Å². The third-order valence-corrected chi connectivity index (χ3v) is 6.85. The molecule has 1 aromatic heterocycles. The predicted molar refractivity (Wildman–Crippen MR) is 117 cm³/mol. The molecule has 2 aliphatic heterocycles. The molecule has 0 bridgehead atoms. The Morgan fingerprint density at radius 1 is 1.16 bits per heavy atom. The summed E-state index contributed by atoms with van der Waals surface area (Å²) < 4.78 is 11.0. The number of benzene rings is 2. The van der Waals surface area contributed by atoms with Crippen molar-refractivity contribution in [2.75, 3.05) is 19.2 Å². The zero-order chi connectivity index (χ0) is 21.7. The van der Waals surface area contributed by atoms with Gasteiger partial charge in [-0.2, -0.15) is 0 Å². The maximum Gasteiger partial charge on any atom is 0.254 e. The first kappa shape index (κ1) is 19.6. The summed E-state index contributed by atoms with van der Waals surface area (Å²) in [7, 11) is 1.73. The number of thiazole rings is 1. The highest BCUT2D eigenvalue weighted by Crippen LogP contribution is 2.45. The molecule has 0 saturated carbocycles. The van der Waals surface area contributed by atoms with Crippen LogP contribution in [0.5, 0.6) is 11.5 Å². The molecular weight excluding hydrogens is 414 g/mol. The Bertz CT molecular complexity index is 1190. The minimum atomic E-state index is -0.608. The molecule has 2 atom stereocenters. The van der Waals surface area contributed by atoms with Gasteiger partial charge in [0, 0.05) is 17.5 Å². The number of anilines is 1. The number of aromatic nitrogens is 1. The van der Waals surface area contributed by atoms with Crippen molar-refractivity contribution in [2.45, 2.75) is 25.8 Å². The Morgan fingerprint density at radius 3 is 2.71 bits per heavy atom. The lowest BCUT2D eigenvalue weighted by Gasteiger charge is -2.39. The summed E-state index contributed by atoms with van der Waals surface area (Å²) in [6.07, 6.45) is 0. The van der Waals surface area contributed by atoms with Crippen LogP contribution < -0.4 is 14.8 Å². The lowest BCUT2D eigenvalue weighted by molar-refractivity contribution is -0.119. The van der Waals surface area contributed by atoms with Crippen LogP contribution >= 0.6 is 11.3 Å². The number of rotatable bonds is 3. The van der Waals surface area contributed by atoms with Crippen molar-refractivity contribution in [1.29, 1.82) is 0 Å². The first-order chi connectivity index (χ1) is 14.9. The van der Waals surface area contributed by atoms with Gasteiger partial charge in [0.2, 0.25) is 12.7 Å². The number of aryl methyl sites for hydroxylation is 2. The molecule has 31 heavy (non-hydrogen) atoms. The van der Waals surface area contributed by atoms with E-state index in [9.17, 15) is 9.59 Å². The van der Waals surface area contributed by atoms with Crippen LogP contribution in [0.3, 0.4) is 0 Å². The zero-order valence-corrected chi connectivity index (χ0v) is 18.2. The molecule has 158 valence electrons. The topological polar surface area (TPSA) is 80.8 Å². The number of nitrogens with zero attached hydrogens (tertiary/aromatic N) is 2. The highest BCUT2D eigenvalue weighted by molar-refractivity contribution is 7.15. The molecule has 0 fully saturated rings. The van der Waals surface area contributed by atoms with Crippen molar-refractivity contribution in [3.8, 4) is 11.5 Å². The lowest BCUT2D eigenvalue weighted by Crippen LogP contribution is -2.44. The van der Waals surface area contributed by atoms with Gasteiger partial charge in [-0.15, -0.1) is 11.3 Å². The lowest BCUT2D eigenvalue weighted by atomic mass is 9.79. The van der Waals surface area contributed by atoms with Gasteiger partial charge in [0.05, 0.1) is 17.7 Å². The SMILES string of the molecule is Cc1nc(NC(=O)[C@H]2c3ccccc3C(=O)N(C)[C@H]2c2ccc3c(c2)OCO3)sc1C. The Morgan fingerprint density at radius 2 is 1.94 bits per heavy atom. The van der Waals surface area contributed by atoms with E-state index in [1.807, 2.05) is 50.2 Å². The maximum absolute atomic E-state index is 13.6. The molecule has 0 unspecified atom stereocenters. The minimum absolute atomic E-state index is 0.122. The zero-order valence-electron chi connectivity index (χ0n) is 17.3. The number of amides is 2. The molecule has 3 heterocycles. The molecule has 8 heteroatoms. The van der Waals surface area contributed by atoms with Gasteiger partial charge in [-0.3, -0.25) is 9.59 Å². The van der Waals surface area contributed by atoms with E-state index in [0.29, 0.717) is 27.8 Å². The number of hydrogen-bond donors (Lipinski definition) is 1. The summed E-state index contributed by atoms with van der Waals surface area (Å²) in [5.74, 6) is 0.335. The fourth-order valence-corrected chi connectivity index (χ4v) is 5.00. The van der Waals surface area contributed by atoms with Crippen molar-refractivity contribution in [1.82, 2.24) is 9.88 Å². The number of carbonyl (C=O) groups is 2. The maximum atomic E-state index is 13.6. The van der Waals surface area contributed by atoms with E-state index >= 15 is 0 Å². The van der Waals surface area contributed by atoms with E-state index in [1.165, 1.54) is 11.3 Å². The Hall–Kier alpha value is -3.39. The number of carbonyl (C=O) groups excluding carboxylic acids is 2. The third-order valence-electron chi connectivity index (χ3n) is 5.86. The van der Waals surface area contributed by atoms with Crippen LogP contribution in [0.15, 0.2) is 42.5 Å². The van der Waals surface area contributed by atoms with Gasteiger partial charge in [-0.1, -0.05) is 24.3 Å². The number of ether oxygens (including phenoxy) is 2. The van der Waals surface area contributed by atoms with E-state index in [-0.39, 0.29) is 18.6 Å². The van der Waals surface area contributed by atoms with Gasteiger partial charge in [0.15, 0.2) is 16.6 Å². The van der Waals surface area contributed by atoms with Gasteiger partial charge in [-0.05, 0) is 43.2 Å². The molecule has 0 spiro atoms. The van der Waals surface area contributed by atoms with Gasteiger partial charge in [-0.25, -0.2) is 4.98 Å². The van der Waals surface area contributed by atoms with Gasteiger partial charge in [0.25, 0.3) is 5.91 Å². The van der Waals surface area contributed by atoms with Gasteiger partial charge >= 0.3 is 0 Å². The average Bonchev–Trinajstić information content (AvgIpc) is 3.35. The van der Waals surface area contributed by atoms with Crippen LogP contribution in [0.25, 0.3) is 0 Å². The summed E-state index contributed by atoms with van der Waals surface area (Å²) in [4.78, 5) is 33.9. The van der Waals surface area contributed by atoms with Crippen LogP contribution in [0, 0.1) is 13.8 Å². The monoisotopic (exact) mass is 435 g/mol. The molecule has 7 nitrogen and oxygen atoms in total. The number of nitrogens with one attached hydrogen (secondary N) is 1. The number of likely N-dealkylation sites (N-methyl/N-ethyl adjacent to an activating group) is 1. The number of hydrogen-bond acceptors (Lipinski definition) is 6. The Labute approximate surface area is 183 Å². The van der Waals surface area contributed by atoms with Crippen molar-refractivity contribution in [3.63, 3.8) is 0 Å². The summed E-state index contributed by atoms with van der Waals surface area (Å²) in [6, 6.07) is 12.3. The largest absolute Gasteiger partial charge is 0.454 e. The fraction of sp³-hybridized carbons (Fsp3) is 0.261. The normalized spacial score (nSPS) is 19.3. The predicted octanol–water partition coefficient (Wildman–Crippen LogP) is 4.04. The standard InChI is InChI=1S/C23H21N3O4S/c1-12-13(2)31-23(24-12)25-21(27)19-15-6-4-5-7-16(15)22(28)26(3)20(19)14-8-9-17-18(10-14)30-11-29-17/h4-10,19-20H,11H2,1-3H3,(H,24,25,27)/t19-,20-/m0/s1. The molecule has 3 aromatic rings. The van der Waals surface area contributed by atoms with E-state index < -0.39 is 12.0 Å². The van der Waals surface area contributed by atoms with Crippen LogP contribution in [0.2, 0.25) is 0 Å². The summed E-state index contributed by atoms with van der Waals surface area (Å²) in [5, 5.41) is 3.53. The van der Waals surface area contributed by atoms with E-state index in [2.05, 4.69) is 10.3 Å². The molecule has 0 saturated heterocycles. The quantitative estimate of drug-likeness (QED) is 0.672. The molecule has 2 amide bonds. The second-order valence-electron chi connectivity index (χ2n) is 7.69. The average molecular weight is 436 g/mol. The molecule has 0 aliphatic carbocycles. The molecule has 1 N–H and O–H groups in total. The fourth-order valence-electron chi connectivity index (χ4n) is 4.18. The van der Waals surface area contributed by atoms with Crippen molar-refractivity contribution < 1.29 is 19.1 Å². The minimum Gasteiger partial charge on any atom is -0.454 e. The van der Waals surface area contributed by atoms with Crippen LogP contribution in [-0.2, 0) is 4.79 Å². The first-order valence-corrected chi connectivity index (χ1v) is 10.8. The summed E-state index contributed by atoms with van der Waals surface area (Å²) >= 11 is 1.44. The first-order valence-electron chi connectivity index (χ1n) is 9.94. The highest BCUT2D eigenvalue weighted by Gasteiger charge is 2.43. The van der Waals surface area contributed by atoms with Crippen LogP contribution in [-0.4, -0.2) is 35.5 Å². The third kappa shape index (κ3) is 3.23. The van der Waals surface area contributed by atoms with E-state index in [0.717, 1.165) is 16.1 Å². The molecular formula is C23H21N3O4S. The summed E-state index contributed by atoms with van der Waals surface area (Å²) in [5.41, 5.74) is 2.94. The van der Waals surface area contributed by atoms with Crippen molar-refractivity contribution in [2.24, 2.45) is 0 Å². The number of fused-ring (bicyclic) bond motifs is 2. The molecule has 5 rings (SSSR count). The smallest absolute Gasteiger partial charge is 0.254 e. The summed E-state index contributed by atoms with van der Waals surface area (Å²) in [6.45, 7) is 4.05. The van der Waals surface area contributed by atoms with Gasteiger partial charge < -0.3 is 19.7 Å². The van der Waals surface area contributed by atoms with Crippen LogP contribution in [0.4, 0.5) is 5.13 Å². The molecule has 2 aromatic carbocycles. The van der Waals surface area contributed by atoms with Crippen molar-refractivity contribution in [3.05, 3.63) is 69.7 Å². The molecule has 0 radical (unpaired) electrons. The van der Waals surface area contributed by atoms with E-state index in [4.69, 9.17) is 9.47 Å². The second-order valence-corrected chi connectivity index (χ2v) is 8.89.